The molecule has 2 amide bonds. The summed E-state index contributed by atoms with van der Waals surface area (Å²) in [5.74, 6) is -0.145. The Morgan fingerprint density at radius 2 is 1.75 bits per heavy atom. The number of carbonyl (C=O) groups is 2. The molecule has 0 unspecified atom stereocenters. The molecule has 28 heavy (non-hydrogen) atoms. The Hall–Kier alpha value is -2.69. The van der Waals surface area contributed by atoms with Crippen LogP contribution >= 0.6 is 0 Å². The van der Waals surface area contributed by atoms with Gasteiger partial charge < -0.3 is 9.80 Å². The van der Waals surface area contributed by atoms with E-state index in [0.717, 1.165) is 24.0 Å². The quantitative estimate of drug-likeness (QED) is 0.813. The zero-order valence-corrected chi connectivity index (χ0v) is 16.2. The van der Waals surface area contributed by atoms with Crippen LogP contribution in [0.3, 0.4) is 0 Å². The lowest BCUT2D eigenvalue weighted by Crippen LogP contribution is -2.50. The van der Waals surface area contributed by atoms with Gasteiger partial charge in [0.2, 0.25) is 5.91 Å². The topological polar surface area (TPSA) is 40.6 Å². The number of carbonyl (C=O) groups excluding carboxylic acids is 2. The van der Waals surface area contributed by atoms with Crippen LogP contribution in [0.4, 0.5) is 4.39 Å². The third-order valence-electron chi connectivity index (χ3n) is 6.05. The largest absolute Gasteiger partial charge is 0.338 e. The molecule has 4 nitrogen and oxygen atoms in total. The minimum absolute atomic E-state index is 0.000308. The number of hydrogen-bond donors (Lipinski definition) is 0. The van der Waals surface area contributed by atoms with Crippen molar-refractivity contribution in [2.24, 2.45) is 5.41 Å². The third-order valence-corrected chi connectivity index (χ3v) is 6.05. The maximum Gasteiger partial charge on any atom is 0.253 e. The molecule has 0 aliphatic carbocycles. The first-order valence-electron chi connectivity index (χ1n) is 9.87. The van der Waals surface area contributed by atoms with Gasteiger partial charge in [-0.1, -0.05) is 29.8 Å². The monoisotopic (exact) mass is 380 g/mol. The van der Waals surface area contributed by atoms with Gasteiger partial charge in [-0.25, -0.2) is 4.39 Å². The summed E-state index contributed by atoms with van der Waals surface area (Å²) in [7, 11) is 0. The first-order valence-corrected chi connectivity index (χ1v) is 9.87. The maximum absolute atomic E-state index is 13.3. The molecule has 4 rings (SSSR count). The smallest absolute Gasteiger partial charge is 0.253 e. The molecule has 0 bridgehead atoms. The van der Waals surface area contributed by atoms with Crippen LogP contribution in [0.15, 0.2) is 48.5 Å². The lowest BCUT2D eigenvalue weighted by molar-refractivity contribution is -0.146. The van der Waals surface area contributed by atoms with E-state index in [4.69, 9.17) is 0 Å². The number of hydrogen-bond acceptors (Lipinski definition) is 2. The van der Waals surface area contributed by atoms with E-state index in [9.17, 15) is 14.0 Å². The summed E-state index contributed by atoms with van der Waals surface area (Å²) in [4.78, 5) is 29.8. The van der Waals surface area contributed by atoms with Crippen molar-refractivity contribution in [2.45, 2.75) is 32.7 Å². The Bertz CT molecular complexity index is 878. The minimum Gasteiger partial charge on any atom is -0.338 e. The van der Waals surface area contributed by atoms with Gasteiger partial charge in [0.15, 0.2) is 0 Å². The van der Waals surface area contributed by atoms with Crippen LogP contribution in [-0.2, 0) is 11.3 Å². The van der Waals surface area contributed by atoms with E-state index in [1.807, 2.05) is 41.0 Å². The first-order chi connectivity index (χ1) is 13.5. The van der Waals surface area contributed by atoms with Crippen LogP contribution in [0.5, 0.6) is 0 Å². The number of likely N-dealkylation sites (tertiary alicyclic amines) is 2. The molecule has 2 saturated heterocycles. The van der Waals surface area contributed by atoms with Crippen LogP contribution < -0.4 is 0 Å². The normalized spacial score (nSPS) is 22.1. The molecule has 2 aliphatic heterocycles. The van der Waals surface area contributed by atoms with E-state index in [2.05, 4.69) is 0 Å². The summed E-state index contributed by atoms with van der Waals surface area (Å²) in [6, 6.07) is 13.9. The van der Waals surface area contributed by atoms with Crippen molar-refractivity contribution < 1.29 is 14.0 Å². The van der Waals surface area contributed by atoms with E-state index in [0.29, 0.717) is 38.2 Å². The van der Waals surface area contributed by atoms with Crippen LogP contribution in [0.1, 0.15) is 40.7 Å². The van der Waals surface area contributed by atoms with Crippen molar-refractivity contribution in [2.75, 3.05) is 19.6 Å². The average Bonchev–Trinajstić information content (AvgIpc) is 3.12. The lowest BCUT2D eigenvalue weighted by Gasteiger charge is -2.39. The SMILES string of the molecule is Cc1ccc(C(=O)N2CC[C@@]3(CCCN(Cc4ccc(F)cc4)C3=O)C2)cc1. The van der Waals surface area contributed by atoms with Crippen molar-refractivity contribution in [1.82, 2.24) is 9.80 Å². The van der Waals surface area contributed by atoms with Gasteiger partial charge in [-0.2, -0.15) is 0 Å². The van der Waals surface area contributed by atoms with Gasteiger partial charge in [0.25, 0.3) is 5.91 Å². The molecule has 1 atom stereocenters. The van der Waals surface area contributed by atoms with Crippen molar-refractivity contribution in [3.8, 4) is 0 Å². The second kappa shape index (κ2) is 7.38. The van der Waals surface area contributed by atoms with Crippen molar-refractivity contribution >= 4 is 11.8 Å². The Morgan fingerprint density at radius 1 is 1.04 bits per heavy atom. The Balaban J connectivity index is 1.47. The number of nitrogens with zero attached hydrogens (tertiary/aromatic N) is 2. The summed E-state index contributed by atoms with van der Waals surface area (Å²) in [5, 5.41) is 0. The molecule has 1 spiro atoms. The highest BCUT2D eigenvalue weighted by molar-refractivity contribution is 5.95. The Morgan fingerprint density at radius 3 is 2.46 bits per heavy atom. The predicted octanol–water partition coefficient (Wildman–Crippen LogP) is 3.79. The molecule has 5 heteroatoms. The van der Waals surface area contributed by atoms with Crippen molar-refractivity contribution in [3.63, 3.8) is 0 Å². The van der Waals surface area contributed by atoms with Gasteiger partial charge >= 0.3 is 0 Å². The molecular weight excluding hydrogens is 355 g/mol. The second-order valence-corrected chi connectivity index (χ2v) is 8.08. The van der Waals surface area contributed by atoms with Crippen LogP contribution in [0.2, 0.25) is 0 Å². The van der Waals surface area contributed by atoms with E-state index in [1.54, 1.807) is 12.1 Å². The molecule has 0 radical (unpaired) electrons. The molecule has 2 fully saturated rings. The number of halogens is 1. The molecule has 146 valence electrons. The van der Waals surface area contributed by atoms with E-state index < -0.39 is 5.41 Å². The fourth-order valence-corrected chi connectivity index (χ4v) is 4.42. The molecular formula is C23H25FN2O2. The van der Waals surface area contributed by atoms with E-state index in [1.165, 1.54) is 12.1 Å². The van der Waals surface area contributed by atoms with E-state index >= 15 is 0 Å². The second-order valence-electron chi connectivity index (χ2n) is 8.08. The molecule has 2 aliphatic rings. The highest BCUT2D eigenvalue weighted by Crippen LogP contribution is 2.41. The molecule has 2 aromatic rings. The summed E-state index contributed by atoms with van der Waals surface area (Å²) in [6.07, 6.45) is 2.46. The standard InChI is InChI=1S/C23H25FN2O2/c1-17-3-7-19(8-4-17)21(27)26-14-12-23(16-26)11-2-13-25(22(23)28)15-18-5-9-20(24)10-6-18/h3-10H,2,11-16H2,1H3/t23-/m0/s1. The molecule has 0 saturated carbocycles. The lowest BCUT2D eigenvalue weighted by atomic mass is 9.78. The zero-order chi connectivity index (χ0) is 19.7. The van der Waals surface area contributed by atoms with Gasteiger partial charge in [-0.05, 0) is 56.0 Å². The number of rotatable bonds is 3. The number of benzene rings is 2. The summed E-state index contributed by atoms with van der Waals surface area (Å²) in [5.41, 5.74) is 2.25. The van der Waals surface area contributed by atoms with Gasteiger partial charge in [0, 0.05) is 31.7 Å². The van der Waals surface area contributed by atoms with Crippen LogP contribution in [0, 0.1) is 18.2 Å². The van der Waals surface area contributed by atoms with Crippen LogP contribution in [0.25, 0.3) is 0 Å². The fraction of sp³-hybridized carbons (Fsp3) is 0.391. The van der Waals surface area contributed by atoms with E-state index in [-0.39, 0.29) is 17.6 Å². The zero-order valence-electron chi connectivity index (χ0n) is 16.2. The maximum atomic E-state index is 13.3. The summed E-state index contributed by atoms with van der Waals surface area (Å²) in [6.45, 7) is 4.30. The van der Waals surface area contributed by atoms with Crippen molar-refractivity contribution in [1.29, 1.82) is 0 Å². The Labute approximate surface area is 164 Å². The highest BCUT2D eigenvalue weighted by atomic mass is 19.1. The molecule has 2 aromatic carbocycles. The molecule has 0 N–H and O–H groups in total. The highest BCUT2D eigenvalue weighted by Gasteiger charge is 2.49. The minimum atomic E-state index is -0.474. The summed E-state index contributed by atoms with van der Waals surface area (Å²) < 4.78 is 13.1. The number of piperidine rings is 1. The summed E-state index contributed by atoms with van der Waals surface area (Å²) >= 11 is 0. The van der Waals surface area contributed by atoms with Gasteiger partial charge in [0.1, 0.15) is 5.82 Å². The first kappa shape index (κ1) is 18.7. The van der Waals surface area contributed by atoms with Gasteiger partial charge in [0.05, 0.1) is 5.41 Å². The molecule has 2 heterocycles. The van der Waals surface area contributed by atoms with Gasteiger partial charge in [-0.15, -0.1) is 0 Å². The fourth-order valence-electron chi connectivity index (χ4n) is 4.42. The Kier molecular flexibility index (Phi) is 4.92. The van der Waals surface area contributed by atoms with Crippen molar-refractivity contribution in [3.05, 3.63) is 71.0 Å². The number of amides is 2. The average molecular weight is 380 g/mol. The molecule has 0 aromatic heterocycles. The van der Waals surface area contributed by atoms with Crippen LogP contribution in [-0.4, -0.2) is 41.2 Å². The predicted molar refractivity (Wildman–Crippen MR) is 105 cm³/mol. The third kappa shape index (κ3) is 3.53. The number of aryl methyl sites for hydroxylation is 1. The van der Waals surface area contributed by atoms with Gasteiger partial charge in [-0.3, -0.25) is 9.59 Å².